The summed E-state index contributed by atoms with van der Waals surface area (Å²) in [4.78, 5) is 59.6. The number of aromatic nitrogens is 2. The molecule has 1 atom stereocenters. The zero-order chi connectivity index (χ0) is 25.3. The topological polar surface area (TPSA) is 113 Å². The van der Waals surface area contributed by atoms with Crippen molar-refractivity contribution in [1.29, 1.82) is 0 Å². The molecular weight excluding hydrogens is 490 g/mol. The van der Waals surface area contributed by atoms with Gasteiger partial charge in [-0.05, 0) is 31.1 Å². The third-order valence-corrected chi connectivity index (χ3v) is 7.15. The number of hydrogen-bond donors (Lipinski definition) is 1. The predicted molar refractivity (Wildman–Crippen MR) is 137 cm³/mol. The van der Waals surface area contributed by atoms with Crippen LogP contribution in [0.5, 0.6) is 0 Å². The summed E-state index contributed by atoms with van der Waals surface area (Å²) in [6.07, 6.45) is 3.69. The van der Waals surface area contributed by atoms with Gasteiger partial charge in [0.2, 0.25) is 5.91 Å². The largest absolute Gasteiger partial charge is 0.469 e. The van der Waals surface area contributed by atoms with Gasteiger partial charge in [-0.1, -0.05) is 37.0 Å². The molecule has 2 aromatic rings. The zero-order valence-electron chi connectivity index (χ0n) is 19.6. The van der Waals surface area contributed by atoms with Crippen LogP contribution in [0.25, 0.3) is 11.7 Å². The molecule has 4 rings (SSSR count). The number of piperazine rings is 1. The van der Waals surface area contributed by atoms with Crippen LogP contribution in [0.15, 0.2) is 28.0 Å². The van der Waals surface area contributed by atoms with E-state index in [9.17, 15) is 19.2 Å². The molecule has 0 bridgehead atoms. The number of thiocarbonyl (C=S) groups is 1. The van der Waals surface area contributed by atoms with Gasteiger partial charge in [-0.2, -0.15) is 0 Å². The van der Waals surface area contributed by atoms with E-state index in [1.165, 1.54) is 22.5 Å². The average molecular weight is 516 g/mol. The monoisotopic (exact) mass is 515 g/mol. The van der Waals surface area contributed by atoms with Gasteiger partial charge in [-0.25, -0.2) is 4.98 Å². The molecule has 0 saturated carbocycles. The summed E-state index contributed by atoms with van der Waals surface area (Å²) in [5.41, 5.74) is 0.997. The molecule has 2 aliphatic heterocycles. The molecule has 0 aliphatic carbocycles. The van der Waals surface area contributed by atoms with Crippen molar-refractivity contribution < 1.29 is 19.1 Å². The average Bonchev–Trinajstić information content (AvgIpc) is 3.10. The van der Waals surface area contributed by atoms with Crippen LogP contribution in [0.1, 0.15) is 30.9 Å². The van der Waals surface area contributed by atoms with E-state index >= 15 is 0 Å². The predicted octanol–water partition coefficient (Wildman–Crippen LogP) is 1.48. The van der Waals surface area contributed by atoms with Crippen LogP contribution < -0.4 is 15.8 Å². The molecule has 10 nitrogen and oxygen atoms in total. The second-order valence-electron chi connectivity index (χ2n) is 8.20. The normalized spacial score (nSPS) is 19.6. The zero-order valence-corrected chi connectivity index (χ0v) is 21.2. The van der Waals surface area contributed by atoms with Gasteiger partial charge in [0.05, 0.1) is 24.0 Å². The summed E-state index contributed by atoms with van der Waals surface area (Å²) < 4.78 is 6.62. The highest BCUT2D eigenvalue weighted by molar-refractivity contribution is 8.26. The van der Waals surface area contributed by atoms with Gasteiger partial charge in [0.25, 0.3) is 11.5 Å². The number of carbonyl (C=O) groups is 3. The van der Waals surface area contributed by atoms with E-state index in [0.29, 0.717) is 34.5 Å². The van der Waals surface area contributed by atoms with Gasteiger partial charge in [0.15, 0.2) is 0 Å². The lowest BCUT2D eigenvalue weighted by molar-refractivity contribution is -0.143. The fourth-order valence-electron chi connectivity index (χ4n) is 4.05. The van der Waals surface area contributed by atoms with E-state index in [1.807, 2.05) is 19.9 Å². The quantitative estimate of drug-likeness (QED) is 0.347. The van der Waals surface area contributed by atoms with Crippen LogP contribution in [-0.4, -0.2) is 69.2 Å². The van der Waals surface area contributed by atoms with Gasteiger partial charge in [-0.15, -0.1) is 0 Å². The molecule has 0 spiro atoms. The number of amides is 2. The van der Waals surface area contributed by atoms with Crippen molar-refractivity contribution in [2.45, 2.75) is 32.7 Å². The highest BCUT2D eigenvalue weighted by atomic mass is 32.2. The Bertz CT molecular complexity index is 1320. The van der Waals surface area contributed by atoms with Gasteiger partial charge in [0, 0.05) is 25.8 Å². The Morgan fingerprint density at radius 2 is 2.11 bits per heavy atom. The maximum Gasteiger partial charge on any atom is 0.308 e. The fraction of sp³-hybridized carbons (Fsp3) is 0.391. The third-order valence-electron chi connectivity index (χ3n) is 5.77. The number of ether oxygens (including phenoxy) is 1. The van der Waals surface area contributed by atoms with Crippen molar-refractivity contribution in [3.63, 3.8) is 0 Å². The first kappa shape index (κ1) is 24.9. The lowest BCUT2D eigenvalue weighted by Crippen LogP contribution is -2.57. The summed E-state index contributed by atoms with van der Waals surface area (Å²) in [5, 5.41) is 2.75. The number of carbonyl (C=O) groups excluding carboxylic acids is 3. The van der Waals surface area contributed by atoms with Gasteiger partial charge >= 0.3 is 5.97 Å². The first-order chi connectivity index (χ1) is 16.7. The van der Waals surface area contributed by atoms with Crippen molar-refractivity contribution >= 4 is 63.6 Å². The molecule has 0 radical (unpaired) electrons. The number of thioether (sulfide) groups is 1. The smallest absolute Gasteiger partial charge is 0.308 e. The summed E-state index contributed by atoms with van der Waals surface area (Å²) in [7, 11) is 1.25. The Kier molecular flexibility index (Phi) is 7.22. The van der Waals surface area contributed by atoms with Crippen molar-refractivity contribution in [2.75, 3.05) is 31.6 Å². The van der Waals surface area contributed by atoms with Crippen molar-refractivity contribution in [1.82, 2.24) is 19.6 Å². The minimum atomic E-state index is -0.919. The number of aryl methyl sites for hydroxylation is 1. The summed E-state index contributed by atoms with van der Waals surface area (Å²) in [6.45, 7) is 4.92. The van der Waals surface area contributed by atoms with Crippen LogP contribution in [0.4, 0.5) is 5.82 Å². The molecule has 4 heterocycles. The Morgan fingerprint density at radius 1 is 1.34 bits per heavy atom. The van der Waals surface area contributed by atoms with Crippen molar-refractivity contribution in [2.24, 2.45) is 0 Å². The number of fused-ring (bicyclic) bond motifs is 1. The van der Waals surface area contributed by atoms with E-state index < -0.39 is 17.6 Å². The summed E-state index contributed by atoms with van der Waals surface area (Å²) >= 11 is 6.50. The second kappa shape index (κ2) is 10.2. The third kappa shape index (κ3) is 4.80. The standard InChI is InChI=1S/C23H25N5O5S2/c1-4-8-27-22(32)16(35-23(27)34)10-14-19(25-17-6-5-13(2)12-28(17)21(14)31)26-9-7-24-20(30)15(26)11-18(29)33-3/h5-6,10,12,15H,4,7-9,11H2,1-3H3,(H,24,30)/b16-10-/t15-/m0/s1. The molecule has 0 unspecified atom stereocenters. The number of methoxy groups -OCH3 is 1. The van der Waals surface area contributed by atoms with Crippen LogP contribution >= 0.6 is 24.0 Å². The van der Waals surface area contributed by atoms with Crippen molar-refractivity contribution in [3.8, 4) is 0 Å². The van der Waals surface area contributed by atoms with Gasteiger partial charge in [-0.3, -0.25) is 28.5 Å². The number of hydrogen-bond acceptors (Lipinski definition) is 9. The molecule has 2 amide bonds. The Labute approximate surface area is 211 Å². The van der Waals surface area contributed by atoms with Crippen molar-refractivity contribution in [3.05, 3.63) is 44.7 Å². The van der Waals surface area contributed by atoms with Crippen LogP contribution in [0.3, 0.4) is 0 Å². The highest BCUT2D eigenvalue weighted by Gasteiger charge is 2.36. The van der Waals surface area contributed by atoms with E-state index in [0.717, 1.165) is 23.7 Å². The Balaban J connectivity index is 1.91. The SMILES string of the molecule is CCCN1C(=O)/C(=C/c2c(N3CCNC(=O)[C@@H]3CC(=O)OC)nc3ccc(C)cn3c2=O)SC1=S. The second-order valence-corrected chi connectivity index (χ2v) is 9.88. The van der Waals surface area contributed by atoms with Gasteiger partial charge < -0.3 is 15.0 Å². The maximum atomic E-state index is 13.7. The number of nitrogens with one attached hydrogen (secondary N) is 1. The molecule has 2 saturated heterocycles. The molecule has 2 aromatic heterocycles. The Morgan fingerprint density at radius 3 is 2.83 bits per heavy atom. The van der Waals surface area contributed by atoms with Crippen LogP contribution in [-0.2, 0) is 19.1 Å². The number of esters is 1. The molecule has 35 heavy (non-hydrogen) atoms. The lowest BCUT2D eigenvalue weighted by Gasteiger charge is -2.36. The van der Waals surface area contributed by atoms with Crippen LogP contribution in [0.2, 0.25) is 0 Å². The first-order valence-corrected chi connectivity index (χ1v) is 12.4. The highest BCUT2D eigenvalue weighted by Crippen LogP contribution is 2.34. The lowest BCUT2D eigenvalue weighted by atomic mass is 10.1. The fourth-order valence-corrected chi connectivity index (χ4v) is 5.34. The van der Waals surface area contributed by atoms with E-state index in [2.05, 4.69) is 5.32 Å². The number of pyridine rings is 1. The van der Waals surface area contributed by atoms with Crippen LogP contribution in [0, 0.1) is 6.92 Å². The minimum Gasteiger partial charge on any atom is -0.469 e. The maximum absolute atomic E-state index is 13.7. The molecule has 12 heteroatoms. The molecule has 1 N–H and O–H groups in total. The molecule has 0 aromatic carbocycles. The molecule has 184 valence electrons. The molecule has 2 fully saturated rings. The number of rotatable bonds is 6. The summed E-state index contributed by atoms with van der Waals surface area (Å²) in [6, 6.07) is 2.62. The molecular formula is C23H25N5O5S2. The summed E-state index contributed by atoms with van der Waals surface area (Å²) in [5.74, 6) is -0.979. The number of anilines is 1. The van der Waals surface area contributed by atoms with E-state index in [-0.39, 0.29) is 29.6 Å². The van der Waals surface area contributed by atoms with Gasteiger partial charge in [0.1, 0.15) is 21.8 Å². The minimum absolute atomic E-state index is 0.148. The number of nitrogens with zero attached hydrogens (tertiary/aromatic N) is 4. The first-order valence-electron chi connectivity index (χ1n) is 11.1. The van der Waals surface area contributed by atoms with E-state index in [1.54, 1.807) is 17.2 Å². The Hall–Kier alpha value is -3.25. The molecule has 2 aliphatic rings. The van der Waals surface area contributed by atoms with E-state index in [4.69, 9.17) is 21.9 Å².